The van der Waals surface area contributed by atoms with Crippen LogP contribution in [-0.4, -0.2) is 39.4 Å². The van der Waals surface area contributed by atoms with Gasteiger partial charge in [0, 0.05) is 42.1 Å². The van der Waals surface area contributed by atoms with Crippen LogP contribution in [0.15, 0.2) is 79.3 Å². The Bertz CT molecular complexity index is 1260. The Morgan fingerprint density at radius 2 is 1.85 bits per heavy atom. The van der Waals surface area contributed by atoms with Crippen LogP contribution in [0.3, 0.4) is 0 Å². The minimum absolute atomic E-state index is 0.0834. The number of hydrogen-bond acceptors (Lipinski definition) is 4. The number of anilines is 1. The standard InChI is InChI=1S/C26H26N4O3/c1-3-29(4-2)25(31)18-30-15-13-19-16-20(11-12-23(19)30)28-26(32)22-9-5-6-10-24(22)33-21-8-7-14-27-17-21/h5-17H,3-4,18H2,1-2H3,(H,28,32). The maximum Gasteiger partial charge on any atom is 0.259 e. The second-order valence-electron chi connectivity index (χ2n) is 7.52. The van der Waals surface area contributed by atoms with E-state index in [4.69, 9.17) is 4.74 Å². The largest absolute Gasteiger partial charge is 0.455 e. The average molecular weight is 443 g/mol. The van der Waals surface area contributed by atoms with E-state index in [9.17, 15) is 9.59 Å². The number of carbonyl (C=O) groups excluding carboxylic acids is 2. The first-order chi connectivity index (χ1) is 16.1. The van der Waals surface area contributed by atoms with E-state index in [1.165, 1.54) is 0 Å². The molecule has 2 aromatic heterocycles. The van der Waals surface area contributed by atoms with Crippen LogP contribution in [0, 0.1) is 0 Å². The molecule has 0 aliphatic rings. The molecule has 0 radical (unpaired) electrons. The third-order valence-corrected chi connectivity index (χ3v) is 5.44. The SMILES string of the molecule is CCN(CC)C(=O)Cn1ccc2cc(NC(=O)c3ccccc3Oc3cccnc3)ccc21. The van der Waals surface area contributed by atoms with E-state index in [2.05, 4.69) is 10.3 Å². The van der Waals surface area contributed by atoms with Crippen molar-refractivity contribution >= 4 is 28.4 Å². The van der Waals surface area contributed by atoms with Crippen molar-refractivity contribution in [1.82, 2.24) is 14.5 Å². The highest BCUT2D eigenvalue weighted by Gasteiger charge is 2.15. The molecule has 33 heavy (non-hydrogen) atoms. The van der Waals surface area contributed by atoms with Crippen LogP contribution in [0.5, 0.6) is 11.5 Å². The van der Waals surface area contributed by atoms with E-state index < -0.39 is 0 Å². The third kappa shape index (κ3) is 5.03. The second-order valence-corrected chi connectivity index (χ2v) is 7.52. The Balaban J connectivity index is 1.51. The van der Waals surface area contributed by atoms with E-state index >= 15 is 0 Å². The first kappa shape index (κ1) is 22.1. The van der Waals surface area contributed by atoms with Gasteiger partial charge < -0.3 is 19.5 Å². The number of carbonyl (C=O) groups is 2. The minimum atomic E-state index is -0.273. The number of benzene rings is 2. The van der Waals surface area contributed by atoms with Crippen molar-refractivity contribution in [3.05, 3.63) is 84.8 Å². The molecule has 2 amide bonds. The van der Waals surface area contributed by atoms with Gasteiger partial charge in [-0.1, -0.05) is 12.1 Å². The summed E-state index contributed by atoms with van der Waals surface area (Å²) in [5, 5.41) is 3.89. The molecule has 2 heterocycles. The molecule has 1 N–H and O–H groups in total. The Morgan fingerprint density at radius 1 is 1.03 bits per heavy atom. The number of rotatable bonds is 8. The second kappa shape index (κ2) is 9.99. The van der Waals surface area contributed by atoms with Gasteiger partial charge >= 0.3 is 0 Å². The lowest BCUT2D eigenvalue weighted by Crippen LogP contribution is -2.33. The molecule has 0 saturated heterocycles. The molecule has 4 aromatic rings. The summed E-state index contributed by atoms with van der Waals surface area (Å²) in [5.74, 6) is 0.815. The number of aromatic nitrogens is 2. The van der Waals surface area contributed by atoms with Gasteiger partial charge in [-0.15, -0.1) is 0 Å². The predicted molar refractivity (Wildman–Crippen MR) is 129 cm³/mol. The zero-order valence-corrected chi connectivity index (χ0v) is 18.7. The number of pyridine rings is 1. The molecule has 0 spiro atoms. The van der Waals surface area contributed by atoms with Crippen molar-refractivity contribution in [2.45, 2.75) is 20.4 Å². The van der Waals surface area contributed by atoms with Gasteiger partial charge in [-0.25, -0.2) is 0 Å². The number of nitrogens with one attached hydrogen (secondary N) is 1. The molecule has 2 aromatic carbocycles. The zero-order chi connectivity index (χ0) is 23.2. The molecule has 7 heteroatoms. The summed E-state index contributed by atoms with van der Waals surface area (Å²) in [4.78, 5) is 31.3. The van der Waals surface area contributed by atoms with Crippen molar-refractivity contribution in [2.75, 3.05) is 18.4 Å². The summed E-state index contributed by atoms with van der Waals surface area (Å²) in [5.41, 5.74) is 2.02. The maximum atomic E-state index is 13.0. The number of hydrogen-bond donors (Lipinski definition) is 1. The van der Waals surface area contributed by atoms with Gasteiger partial charge in [0.25, 0.3) is 5.91 Å². The Kier molecular flexibility index (Phi) is 6.69. The fourth-order valence-electron chi connectivity index (χ4n) is 3.71. The predicted octanol–water partition coefficient (Wildman–Crippen LogP) is 4.95. The fraction of sp³-hybridized carbons (Fsp3) is 0.192. The molecule has 0 saturated carbocycles. The highest BCUT2D eigenvalue weighted by atomic mass is 16.5. The molecular formula is C26H26N4O3. The summed E-state index contributed by atoms with van der Waals surface area (Å²) in [6, 6.07) is 18.2. The van der Waals surface area contributed by atoms with E-state index in [1.54, 1.807) is 42.7 Å². The van der Waals surface area contributed by atoms with E-state index in [1.807, 2.05) is 59.8 Å². The summed E-state index contributed by atoms with van der Waals surface area (Å²) >= 11 is 0. The molecule has 4 rings (SSSR count). The van der Waals surface area contributed by atoms with Gasteiger partial charge in [0.05, 0.1) is 11.8 Å². The normalized spacial score (nSPS) is 10.7. The van der Waals surface area contributed by atoms with Gasteiger partial charge in [0.15, 0.2) is 0 Å². The lowest BCUT2D eigenvalue weighted by atomic mass is 10.1. The highest BCUT2D eigenvalue weighted by molar-refractivity contribution is 6.07. The quantitative estimate of drug-likeness (QED) is 0.419. The van der Waals surface area contributed by atoms with Crippen molar-refractivity contribution in [3.63, 3.8) is 0 Å². The van der Waals surface area contributed by atoms with Crippen LogP contribution < -0.4 is 10.1 Å². The summed E-state index contributed by atoms with van der Waals surface area (Å²) < 4.78 is 7.78. The van der Waals surface area contributed by atoms with Crippen LogP contribution in [-0.2, 0) is 11.3 Å². The van der Waals surface area contributed by atoms with Gasteiger partial charge in [0.1, 0.15) is 18.0 Å². The lowest BCUT2D eigenvalue weighted by Gasteiger charge is -2.19. The van der Waals surface area contributed by atoms with Gasteiger partial charge in [-0.05, 0) is 62.4 Å². The van der Waals surface area contributed by atoms with Crippen molar-refractivity contribution in [3.8, 4) is 11.5 Å². The maximum absolute atomic E-state index is 13.0. The van der Waals surface area contributed by atoms with Crippen LogP contribution in [0.4, 0.5) is 5.69 Å². The Hall–Kier alpha value is -4.13. The number of para-hydroxylation sites is 1. The van der Waals surface area contributed by atoms with E-state index in [0.717, 1.165) is 10.9 Å². The number of ether oxygens (including phenoxy) is 1. The smallest absolute Gasteiger partial charge is 0.259 e. The average Bonchev–Trinajstić information content (AvgIpc) is 3.22. The van der Waals surface area contributed by atoms with Crippen molar-refractivity contribution in [1.29, 1.82) is 0 Å². The van der Waals surface area contributed by atoms with Gasteiger partial charge in [-0.3, -0.25) is 14.6 Å². The van der Waals surface area contributed by atoms with Crippen LogP contribution in [0.1, 0.15) is 24.2 Å². The van der Waals surface area contributed by atoms with Gasteiger partial charge in [0.2, 0.25) is 5.91 Å². The van der Waals surface area contributed by atoms with Crippen molar-refractivity contribution in [2.24, 2.45) is 0 Å². The Morgan fingerprint density at radius 3 is 2.61 bits per heavy atom. The number of nitrogens with zero attached hydrogens (tertiary/aromatic N) is 3. The molecule has 0 aliphatic carbocycles. The summed E-state index contributed by atoms with van der Waals surface area (Å²) in [6.45, 7) is 5.62. The topological polar surface area (TPSA) is 76.5 Å². The summed E-state index contributed by atoms with van der Waals surface area (Å²) in [6.07, 6.45) is 5.15. The van der Waals surface area contributed by atoms with E-state index in [-0.39, 0.29) is 18.4 Å². The molecule has 7 nitrogen and oxygen atoms in total. The van der Waals surface area contributed by atoms with Crippen LogP contribution in [0.25, 0.3) is 10.9 Å². The molecule has 168 valence electrons. The third-order valence-electron chi connectivity index (χ3n) is 5.44. The molecule has 0 atom stereocenters. The van der Waals surface area contributed by atoms with Gasteiger partial charge in [-0.2, -0.15) is 0 Å². The summed E-state index contributed by atoms with van der Waals surface area (Å²) in [7, 11) is 0. The minimum Gasteiger partial charge on any atom is -0.455 e. The lowest BCUT2D eigenvalue weighted by molar-refractivity contribution is -0.131. The Labute approximate surface area is 192 Å². The van der Waals surface area contributed by atoms with Crippen LogP contribution in [0.2, 0.25) is 0 Å². The molecule has 0 bridgehead atoms. The molecular weight excluding hydrogens is 416 g/mol. The number of likely N-dealkylation sites (N-methyl/N-ethyl adjacent to an activating group) is 1. The molecule has 0 aliphatic heterocycles. The van der Waals surface area contributed by atoms with Crippen molar-refractivity contribution < 1.29 is 14.3 Å². The zero-order valence-electron chi connectivity index (χ0n) is 18.7. The fourth-order valence-corrected chi connectivity index (χ4v) is 3.71. The van der Waals surface area contributed by atoms with E-state index in [0.29, 0.717) is 35.8 Å². The van der Waals surface area contributed by atoms with Crippen LogP contribution >= 0.6 is 0 Å². The monoisotopic (exact) mass is 442 g/mol. The molecule has 0 unspecified atom stereocenters. The first-order valence-electron chi connectivity index (χ1n) is 10.9. The highest BCUT2D eigenvalue weighted by Crippen LogP contribution is 2.26. The number of amides is 2. The first-order valence-corrected chi connectivity index (χ1v) is 10.9. The number of fused-ring (bicyclic) bond motifs is 1. The molecule has 0 fully saturated rings.